The van der Waals surface area contributed by atoms with Crippen molar-refractivity contribution in [2.45, 2.75) is 32.6 Å². The topological polar surface area (TPSA) is 57.6 Å². The van der Waals surface area contributed by atoms with Gasteiger partial charge in [0, 0.05) is 23.5 Å². The molecule has 2 atom stereocenters. The van der Waals surface area contributed by atoms with Gasteiger partial charge in [-0.05, 0) is 36.0 Å². The lowest BCUT2D eigenvalue weighted by Crippen LogP contribution is -2.37. The van der Waals surface area contributed by atoms with Crippen molar-refractivity contribution in [1.29, 1.82) is 0 Å². The van der Waals surface area contributed by atoms with Gasteiger partial charge in [-0.15, -0.1) is 0 Å². The third-order valence-corrected chi connectivity index (χ3v) is 4.43. The summed E-state index contributed by atoms with van der Waals surface area (Å²) in [7, 11) is 0. The van der Waals surface area contributed by atoms with E-state index in [1.54, 1.807) is 4.90 Å². The maximum Gasteiger partial charge on any atom is 0.305 e. The van der Waals surface area contributed by atoms with E-state index < -0.39 is 5.97 Å². The SMILES string of the molecule is CC(C)CN(CCC(=O)O)C(=O)C1CC1c1ccc(Br)cc1. The first kappa shape index (κ1) is 17.0. The first-order chi connectivity index (χ1) is 10.4. The summed E-state index contributed by atoms with van der Waals surface area (Å²) in [6.07, 6.45) is 0.871. The van der Waals surface area contributed by atoms with Gasteiger partial charge in [0.2, 0.25) is 5.91 Å². The first-order valence-corrected chi connectivity index (χ1v) is 8.43. The van der Waals surface area contributed by atoms with Crippen LogP contribution in [0, 0.1) is 11.8 Å². The first-order valence-electron chi connectivity index (χ1n) is 7.64. The van der Waals surface area contributed by atoms with E-state index in [2.05, 4.69) is 15.9 Å². The van der Waals surface area contributed by atoms with E-state index in [0.29, 0.717) is 19.0 Å². The molecule has 0 radical (unpaired) electrons. The molecule has 0 spiro atoms. The van der Waals surface area contributed by atoms with E-state index in [1.807, 2.05) is 38.1 Å². The number of carbonyl (C=O) groups excluding carboxylic acids is 1. The lowest BCUT2D eigenvalue weighted by molar-refractivity contribution is -0.139. The van der Waals surface area contributed by atoms with Crippen molar-refractivity contribution in [3.63, 3.8) is 0 Å². The van der Waals surface area contributed by atoms with Crippen LogP contribution in [0.15, 0.2) is 28.7 Å². The Labute approximate surface area is 139 Å². The largest absolute Gasteiger partial charge is 0.481 e. The zero-order valence-electron chi connectivity index (χ0n) is 13.0. The quantitative estimate of drug-likeness (QED) is 0.801. The number of amides is 1. The molecule has 1 N–H and O–H groups in total. The molecule has 0 saturated heterocycles. The Hall–Kier alpha value is -1.36. The minimum absolute atomic E-state index is 0.00807. The molecule has 0 aromatic heterocycles. The van der Waals surface area contributed by atoms with Crippen molar-refractivity contribution in [1.82, 2.24) is 4.90 Å². The van der Waals surface area contributed by atoms with Gasteiger partial charge in [-0.3, -0.25) is 9.59 Å². The normalized spacial score (nSPS) is 20.0. The van der Waals surface area contributed by atoms with Gasteiger partial charge < -0.3 is 10.0 Å². The molecule has 22 heavy (non-hydrogen) atoms. The van der Waals surface area contributed by atoms with E-state index in [9.17, 15) is 9.59 Å². The molecule has 0 heterocycles. The minimum Gasteiger partial charge on any atom is -0.481 e. The molecule has 2 unspecified atom stereocenters. The monoisotopic (exact) mass is 367 g/mol. The molecule has 1 saturated carbocycles. The molecule has 0 bridgehead atoms. The Bertz CT molecular complexity index is 541. The van der Waals surface area contributed by atoms with Crippen molar-refractivity contribution in [2.24, 2.45) is 11.8 Å². The van der Waals surface area contributed by atoms with Crippen molar-refractivity contribution in [3.8, 4) is 0 Å². The van der Waals surface area contributed by atoms with Crippen molar-refractivity contribution >= 4 is 27.8 Å². The number of rotatable bonds is 7. The number of hydrogen-bond donors (Lipinski definition) is 1. The van der Waals surface area contributed by atoms with Crippen molar-refractivity contribution in [2.75, 3.05) is 13.1 Å². The van der Waals surface area contributed by atoms with E-state index in [-0.39, 0.29) is 24.2 Å². The van der Waals surface area contributed by atoms with Gasteiger partial charge in [0.15, 0.2) is 0 Å². The summed E-state index contributed by atoms with van der Waals surface area (Å²) in [5.41, 5.74) is 1.18. The number of benzene rings is 1. The van der Waals surface area contributed by atoms with Crippen LogP contribution in [0.4, 0.5) is 0 Å². The second-order valence-electron chi connectivity index (χ2n) is 6.32. The Kier molecular flexibility index (Phi) is 5.62. The maximum atomic E-state index is 12.6. The van der Waals surface area contributed by atoms with E-state index in [1.165, 1.54) is 5.56 Å². The molecule has 1 amide bonds. The Morgan fingerprint density at radius 2 is 1.95 bits per heavy atom. The highest BCUT2D eigenvalue weighted by molar-refractivity contribution is 9.10. The lowest BCUT2D eigenvalue weighted by Gasteiger charge is -2.24. The van der Waals surface area contributed by atoms with Crippen LogP contribution in [0.1, 0.15) is 38.2 Å². The fraction of sp³-hybridized carbons (Fsp3) is 0.529. The van der Waals surface area contributed by atoms with Gasteiger partial charge in [-0.2, -0.15) is 0 Å². The van der Waals surface area contributed by atoms with E-state index in [0.717, 1.165) is 10.9 Å². The number of halogens is 1. The summed E-state index contributed by atoms with van der Waals surface area (Å²) in [4.78, 5) is 25.1. The van der Waals surface area contributed by atoms with Crippen LogP contribution in [-0.4, -0.2) is 35.0 Å². The molecule has 2 rings (SSSR count). The van der Waals surface area contributed by atoms with Crippen LogP contribution in [0.5, 0.6) is 0 Å². The van der Waals surface area contributed by atoms with Crippen LogP contribution in [0.3, 0.4) is 0 Å². The highest BCUT2D eigenvalue weighted by Gasteiger charge is 2.45. The van der Waals surface area contributed by atoms with Gasteiger partial charge in [0.05, 0.1) is 6.42 Å². The molecule has 1 aromatic carbocycles. The van der Waals surface area contributed by atoms with Crippen LogP contribution in [-0.2, 0) is 9.59 Å². The fourth-order valence-electron chi connectivity index (χ4n) is 2.74. The summed E-state index contributed by atoms with van der Waals surface area (Å²) in [5, 5.41) is 8.85. The van der Waals surface area contributed by atoms with Gasteiger partial charge in [-0.25, -0.2) is 0 Å². The predicted molar refractivity (Wildman–Crippen MR) is 88.7 cm³/mol. The molecule has 5 heteroatoms. The standard InChI is InChI=1S/C17H22BrNO3/c1-11(2)10-19(8-7-16(20)21)17(22)15-9-14(15)12-3-5-13(18)6-4-12/h3-6,11,14-15H,7-10H2,1-2H3,(H,20,21). The molecule has 0 aliphatic heterocycles. The Balaban J connectivity index is 1.98. The molecular weight excluding hydrogens is 346 g/mol. The van der Waals surface area contributed by atoms with Crippen molar-refractivity contribution in [3.05, 3.63) is 34.3 Å². The van der Waals surface area contributed by atoms with Gasteiger partial charge in [-0.1, -0.05) is 41.9 Å². The molecule has 4 nitrogen and oxygen atoms in total. The van der Waals surface area contributed by atoms with Crippen molar-refractivity contribution < 1.29 is 14.7 Å². The van der Waals surface area contributed by atoms with Crippen LogP contribution >= 0.6 is 15.9 Å². The third-order valence-electron chi connectivity index (χ3n) is 3.90. The average Bonchev–Trinajstić information content (AvgIpc) is 3.23. The number of aliphatic carboxylic acids is 1. The highest BCUT2D eigenvalue weighted by atomic mass is 79.9. The highest BCUT2D eigenvalue weighted by Crippen LogP contribution is 2.48. The second kappa shape index (κ2) is 7.27. The Morgan fingerprint density at radius 1 is 1.32 bits per heavy atom. The molecule has 1 aliphatic rings. The summed E-state index contributed by atoms with van der Waals surface area (Å²) < 4.78 is 1.03. The molecule has 1 aromatic rings. The smallest absolute Gasteiger partial charge is 0.305 e. The summed E-state index contributed by atoms with van der Waals surface area (Å²) >= 11 is 3.41. The Morgan fingerprint density at radius 3 is 2.50 bits per heavy atom. The van der Waals surface area contributed by atoms with Crippen LogP contribution in [0.2, 0.25) is 0 Å². The average molecular weight is 368 g/mol. The van der Waals surface area contributed by atoms with Gasteiger partial charge in [0.25, 0.3) is 0 Å². The zero-order chi connectivity index (χ0) is 16.3. The number of nitrogens with zero attached hydrogens (tertiary/aromatic N) is 1. The molecule has 120 valence electrons. The lowest BCUT2D eigenvalue weighted by atomic mass is 10.1. The molecule has 1 fully saturated rings. The minimum atomic E-state index is -0.859. The van der Waals surface area contributed by atoms with Crippen LogP contribution < -0.4 is 0 Å². The fourth-order valence-corrected chi connectivity index (χ4v) is 3.01. The zero-order valence-corrected chi connectivity index (χ0v) is 14.5. The van der Waals surface area contributed by atoms with E-state index >= 15 is 0 Å². The summed E-state index contributed by atoms with van der Waals surface area (Å²) in [6.45, 7) is 5.01. The maximum absolute atomic E-state index is 12.6. The predicted octanol–water partition coefficient (Wildman–Crippen LogP) is 3.51. The third kappa shape index (κ3) is 4.57. The number of carbonyl (C=O) groups is 2. The van der Waals surface area contributed by atoms with E-state index in [4.69, 9.17) is 5.11 Å². The summed E-state index contributed by atoms with van der Waals surface area (Å²) in [6, 6.07) is 8.08. The van der Waals surface area contributed by atoms with Crippen LogP contribution in [0.25, 0.3) is 0 Å². The molecule has 1 aliphatic carbocycles. The number of carboxylic acid groups (broad SMARTS) is 1. The second-order valence-corrected chi connectivity index (χ2v) is 7.24. The van der Waals surface area contributed by atoms with Gasteiger partial charge in [0.1, 0.15) is 0 Å². The number of hydrogen-bond acceptors (Lipinski definition) is 2. The molecular formula is C17H22BrNO3. The summed E-state index contributed by atoms with van der Waals surface area (Å²) in [5.74, 6) is -0.138. The van der Waals surface area contributed by atoms with Gasteiger partial charge >= 0.3 is 5.97 Å². The number of carboxylic acids is 1.